The summed E-state index contributed by atoms with van der Waals surface area (Å²) >= 11 is 0. The third kappa shape index (κ3) is 2.98. The number of rotatable bonds is 5. The van der Waals surface area contributed by atoms with E-state index in [1.807, 2.05) is 0 Å². The predicted molar refractivity (Wildman–Crippen MR) is 68.0 cm³/mol. The molecule has 0 aliphatic heterocycles. The van der Waals surface area contributed by atoms with Gasteiger partial charge in [-0.05, 0) is 24.3 Å². The van der Waals surface area contributed by atoms with E-state index in [2.05, 4.69) is 22.0 Å². The Morgan fingerprint density at radius 2 is 2.32 bits per heavy atom. The summed E-state index contributed by atoms with van der Waals surface area (Å²) in [6, 6.07) is 2.55. The van der Waals surface area contributed by atoms with E-state index in [0.717, 1.165) is 6.42 Å². The second-order valence-electron chi connectivity index (χ2n) is 4.67. The molecule has 102 valence electrons. The van der Waals surface area contributed by atoms with Gasteiger partial charge in [0.2, 0.25) is 5.82 Å². The highest BCUT2D eigenvalue weighted by Gasteiger charge is 2.32. The van der Waals surface area contributed by atoms with Crippen molar-refractivity contribution in [1.82, 2.24) is 4.98 Å². The molecule has 0 radical (unpaired) electrons. The smallest absolute Gasteiger partial charge is 0.356 e. The molecule has 7 nitrogen and oxygen atoms in total. The fourth-order valence-electron chi connectivity index (χ4n) is 1.86. The fourth-order valence-corrected chi connectivity index (χ4v) is 1.86. The van der Waals surface area contributed by atoms with Crippen LogP contribution in [0.5, 0.6) is 0 Å². The molecule has 1 heterocycles. The lowest BCUT2D eigenvalue weighted by atomic mass is 10.3. The topological polar surface area (TPSA) is 94.4 Å². The fraction of sp³-hybridized carbons (Fsp3) is 0.500. The Morgan fingerprint density at radius 3 is 2.84 bits per heavy atom. The van der Waals surface area contributed by atoms with Gasteiger partial charge in [-0.15, -0.1) is 0 Å². The number of carbonyl (C=O) groups excluding carboxylic acids is 1. The van der Waals surface area contributed by atoms with E-state index in [-0.39, 0.29) is 17.2 Å². The standard InChI is InChI=1S/C12H15N3O4/c1-7-5-8(7)6-13-11-10(15(17)18)4-3-9(14-11)12(16)19-2/h3-4,7-8H,5-6H2,1-2H3,(H,13,14). The van der Waals surface area contributed by atoms with E-state index in [1.165, 1.54) is 19.2 Å². The van der Waals surface area contributed by atoms with Gasteiger partial charge in [0.1, 0.15) is 0 Å². The SMILES string of the molecule is COC(=O)c1ccc([N+](=O)[O-])c(NCC2CC2C)n1. The van der Waals surface area contributed by atoms with Gasteiger partial charge < -0.3 is 10.1 Å². The first-order valence-corrected chi connectivity index (χ1v) is 6.00. The molecule has 1 aliphatic rings. The molecule has 1 saturated carbocycles. The van der Waals surface area contributed by atoms with E-state index >= 15 is 0 Å². The molecular weight excluding hydrogens is 250 g/mol. The number of pyridine rings is 1. The van der Waals surface area contributed by atoms with Gasteiger partial charge >= 0.3 is 11.7 Å². The summed E-state index contributed by atoms with van der Waals surface area (Å²) in [6.07, 6.45) is 1.11. The molecule has 2 atom stereocenters. The van der Waals surface area contributed by atoms with Crippen LogP contribution in [0.3, 0.4) is 0 Å². The summed E-state index contributed by atoms with van der Waals surface area (Å²) in [5.74, 6) is 0.656. The Labute approximate surface area is 110 Å². The third-order valence-electron chi connectivity index (χ3n) is 3.27. The van der Waals surface area contributed by atoms with Crippen molar-refractivity contribution in [2.24, 2.45) is 11.8 Å². The quantitative estimate of drug-likeness (QED) is 0.496. The first-order chi connectivity index (χ1) is 9.02. The average molecular weight is 265 g/mol. The van der Waals surface area contributed by atoms with Crippen LogP contribution in [0.25, 0.3) is 0 Å². The molecule has 0 amide bonds. The van der Waals surface area contributed by atoms with Gasteiger partial charge in [-0.2, -0.15) is 0 Å². The van der Waals surface area contributed by atoms with Crippen LogP contribution in [0, 0.1) is 22.0 Å². The molecule has 1 aromatic rings. The zero-order valence-electron chi connectivity index (χ0n) is 10.8. The zero-order chi connectivity index (χ0) is 14.0. The maximum absolute atomic E-state index is 11.4. The van der Waals surface area contributed by atoms with Gasteiger partial charge in [0.05, 0.1) is 12.0 Å². The van der Waals surface area contributed by atoms with Crippen LogP contribution in [-0.2, 0) is 4.74 Å². The van der Waals surface area contributed by atoms with Crippen LogP contribution in [0.1, 0.15) is 23.8 Å². The Balaban J connectivity index is 2.20. The van der Waals surface area contributed by atoms with Gasteiger partial charge in [0, 0.05) is 12.6 Å². The van der Waals surface area contributed by atoms with Crippen LogP contribution in [0.2, 0.25) is 0 Å². The number of methoxy groups -OCH3 is 1. The molecule has 0 bridgehead atoms. The molecule has 1 fully saturated rings. The molecule has 0 aromatic carbocycles. The second kappa shape index (κ2) is 5.21. The maximum atomic E-state index is 11.4. The maximum Gasteiger partial charge on any atom is 0.356 e. The van der Waals surface area contributed by atoms with Crippen molar-refractivity contribution in [2.45, 2.75) is 13.3 Å². The highest BCUT2D eigenvalue weighted by molar-refractivity contribution is 5.88. The first-order valence-electron chi connectivity index (χ1n) is 6.00. The number of nitro groups is 1. The van der Waals surface area contributed by atoms with E-state index < -0.39 is 10.9 Å². The average Bonchev–Trinajstić information content (AvgIpc) is 3.10. The highest BCUT2D eigenvalue weighted by atomic mass is 16.6. The molecule has 19 heavy (non-hydrogen) atoms. The lowest BCUT2D eigenvalue weighted by molar-refractivity contribution is -0.384. The van der Waals surface area contributed by atoms with E-state index in [0.29, 0.717) is 18.4 Å². The minimum absolute atomic E-state index is 0.0550. The van der Waals surface area contributed by atoms with Gasteiger partial charge in [0.15, 0.2) is 5.69 Å². The van der Waals surface area contributed by atoms with E-state index in [9.17, 15) is 14.9 Å². The zero-order valence-corrected chi connectivity index (χ0v) is 10.8. The van der Waals surface area contributed by atoms with Crippen LogP contribution in [0.4, 0.5) is 11.5 Å². The molecule has 7 heteroatoms. The van der Waals surface area contributed by atoms with Crippen molar-refractivity contribution >= 4 is 17.5 Å². The largest absolute Gasteiger partial charge is 0.464 e. The van der Waals surface area contributed by atoms with Crippen LogP contribution >= 0.6 is 0 Å². The summed E-state index contributed by atoms with van der Waals surface area (Å²) in [5.41, 5.74) is -0.0830. The van der Waals surface area contributed by atoms with Crippen molar-refractivity contribution in [3.63, 3.8) is 0 Å². The lowest BCUT2D eigenvalue weighted by Crippen LogP contribution is -2.12. The molecule has 2 unspecified atom stereocenters. The van der Waals surface area contributed by atoms with E-state index in [4.69, 9.17) is 0 Å². The number of aromatic nitrogens is 1. The minimum Gasteiger partial charge on any atom is -0.464 e. The molecule has 0 saturated heterocycles. The van der Waals surface area contributed by atoms with Crippen molar-refractivity contribution in [3.8, 4) is 0 Å². The number of carbonyl (C=O) groups is 1. The van der Waals surface area contributed by atoms with Crippen LogP contribution < -0.4 is 5.32 Å². The Kier molecular flexibility index (Phi) is 3.64. The molecule has 1 aromatic heterocycles. The lowest BCUT2D eigenvalue weighted by Gasteiger charge is -2.07. The van der Waals surface area contributed by atoms with Gasteiger partial charge in [-0.1, -0.05) is 6.92 Å². The third-order valence-corrected chi connectivity index (χ3v) is 3.27. The van der Waals surface area contributed by atoms with E-state index in [1.54, 1.807) is 0 Å². The number of esters is 1. The summed E-state index contributed by atoms with van der Waals surface area (Å²) in [6.45, 7) is 2.75. The summed E-state index contributed by atoms with van der Waals surface area (Å²) in [4.78, 5) is 25.7. The number of nitrogens with zero attached hydrogens (tertiary/aromatic N) is 2. The highest BCUT2D eigenvalue weighted by Crippen LogP contribution is 2.38. The van der Waals surface area contributed by atoms with Crippen LogP contribution in [0.15, 0.2) is 12.1 Å². The number of hydrogen-bond acceptors (Lipinski definition) is 6. The van der Waals surface area contributed by atoms with Crippen molar-refractivity contribution in [2.75, 3.05) is 19.0 Å². The second-order valence-corrected chi connectivity index (χ2v) is 4.67. The number of hydrogen-bond donors (Lipinski definition) is 1. The molecule has 1 N–H and O–H groups in total. The van der Waals surface area contributed by atoms with Gasteiger partial charge in [0.25, 0.3) is 0 Å². The minimum atomic E-state index is -0.613. The Bertz CT molecular complexity index is 518. The Hall–Kier alpha value is -2.18. The van der Waals surface area contributed by atoms with Gasteiger partial charge in [-0.25, -0.2) is 9.78 Å². The van der Waals surface area contributed by atoms with Crippen molar-refractivity contribution in [3.05, 3.63) is 27.9 Å². The number of anilines is 1. The predicted octanol–water partition coefficient (Wildman–Crippen LogP) is 1.84. The number of nitrogens with one attached hydrogen (secondary N) is 1. The summed E-state index contributed by atoms with van der Waals surface area (Å²) in [7, 11) is 1.24. The summed E-state index contributed by atoms with van der Waals surface area (Å²) in [5, 5.41) is 13.9. The molecule has 0 spiro atoms. The normalized spacial score (nSPS) is 20.7. The monoisotopic (exact) mass is 265 g/mol. The Morgan fingerprint density at radius 1 is 1.63 bits per heavy atom. The molecular formula is C12H15N3O4. The molecule has 2 rings (SSSR count). The van der Waals surface area contributed by atoms with Crippen molar-refractivity contribution < 1.29 is 14.5 Å². The first kappa shape index (κ1) is 13.3. The van der Waals surface area contributed by atoms with Crippen LogP contribution in [-0.4, -0.2) is 29.5 Å². The number of ether oxygens (including phenoxy) is 1. The molecule has 1 aliphatic carbocycles. The summed E-state index contributed by atoms with van der Waals surface area (Å²) < 4.78 is 4.55. The van der Waals surface area contributed by atoms with Crippen molar-refractivity contribution in [1.29, 1.82) is 0 Å². The van der Waals surface area contributed by atoms with Gasteiger partial charge in [-0.3, -0.25) is 10.1 Å².